The van der Waals surface area contributed by atoms with Crippen molar-refractivity contribution in [3.63, 3.8) is 0 Å². The SMILES string of the molecule is Nc1cccc(CS(=O)(=O)N2CCCC2C2CCCC2)c1. The lowest BCUT2D eigenvalue weighted by molar-refractivity contribution is 0.288. The molecular formula is C16H24N2O2S. The van der Waals surface area contributed by atoms with Crippen molar-refractivity contribution in [2.75, 3.05) is 12.3 Å². The first-order chi connectivity index (χ1) is 10.1. The van der Waals surface area contributed by atoms with Gasteiger partial charge >= 0.3 is 0 Å². The number of hydrogen-bond acceptors (Lipinski definition) is 3. The second kappa shape index (κ2) is 5.97. The van der Waals surface area contributed by atoms with Gasteiger partial charge in [-0.25, -0.2) is 8.42 Å². The van der Waals surface area contributed by atoms with Gasteiger partial charge in [-0.05, 0) is 49.3 Å². The summed E-state index contributed by atoms with van der Waals surface area (Å²) in [7, 11) is -3.24. The van der Waals surface area contributed by atoms with E-state index >= 15 is 0 Å². The van der Waals surface area contributed by atoms with Gasteiger partial charge < -0.3 is 5.73 Å². The number of benzene rings is 1. The summed E-state index contributed by atoms with van der Waals surface area (Å²) in [4.78, 5) is 0. The smallest absolute Gasteiger partial charge is 0.218 e. The van der Waals surface area contributed by atoms with Crippen molar-refractivity contribution in [1.29, 1.82) is 0 Å². The fourth-order valence-electron chi connectivity index (χ4n) is 3.90. The quantitative estimate of drug-likeness (QED) is 0.870. The summed E-state index contributed by atoms with van der Waals surface area (Å²) in [6.45, 7) is 0.686. The Morgan fingerprint density at radius 2 is 1.90 bits per heavy atom. The zero-order valence-corrected chi connectivity index (χ0v) is 13.2. The number of nitrogens with zero attached hydrogens (tertiary/aromatic N) is 1. The molecule has 0 spiro atoms. The average molecular weight is 308 g/mol. The van der Waals surface area contributed by atoms with Gasteiger partial charge in [0.15, 0.2) is 0 Å². The fourth-order valence-corrected chi connectivity index (χ4v) is 5.76. The van der Waals surface area contributed by atoms with Crippen LogP contribution in [-0.2, 0) is 15.8 Å². The number of nitrogen functional groups attached to an aromatic ring is 1. The largest absolute Gasteiger partial charge is 0.399 e. The van der Waals surface area contributed by atoms with Crippen LogP contribution >= 0.6 is 0 Å². The molecule has 0 bridgehead atoms. The molecule has 2 N–H and O–H groups in total. The van der Waals surface area contributed by atoms with Crippen molar-refractivity contribution >= 4 is 15.7 Å². The number of rotatable bonds is 4. The molecule has 21 heavy (non-hydrogen) atoms. The molecule has 2 fully saturated rings. The third-order valence-electron chi connectivity index (χ3n) is 4.85. The van der Waals surface area contributed by atoms with Crippen molar-refractivity contribution in [2.24, 2.45) is 5.92 Å². The van der Waals surface area contributed by atoms with E-state index in [1.54, 1.807) is 16.4 Å². The van der Waals surface area contributed by atoms with Crippen LogP contribution in [0.15, 0.2) is 24.3 Å². The summed E-state index contributed by atoms with van der Waals surface area (Å²) in [6.07, 6.45) is 6.91. The molecule has 0 amide bonds. The van der Waals surface area contributed by atoms with Crippen LogP contribution in [0.4, 0.5) is 5.69 Å². The molecule has 1 saturated heterocycles. The van der Waals surface area contributed by atoms with E-state index in [9.17, 15) is 8.42 Å². The van der Waals surface area contributed by atoms with Crippen LogP contribution in [0.2, 0.25) is 0 Å². The van der Waals surface area contributed by atoms with Gasteiger partial charge in [0.2, 0.25) is 10.0 Å². The van der Waals surface area contributed by atoms with E-state index in [2.05, 4.69) is 0 Å². The van der Waals surface area contributed by atoms with Gasteiger partial charge in [0.1, 0.15) is 0 Å². The first kappa shape index (κ1) is 14.9. The third-order valence-corrected chi connectivity index (χ3v) is 6.72. The number of hydrogen-bond donors (Lipinski definition) is 1. The first-order valence-corrected chi connectivity index (χ1v) is 9.51. The molecule has 1 aliphatic heterocycles. The highest BCUT2D eigenvalue weighted by atomic mass is 32.2. The summed E-state index contributed by atoms with van der Waals surface area (Å²) < 4.78 is 27.3. The van der Waals surface area contributed by atoms with Crippen LogP contribution in [0, 0.1) is 5.92 Å². The summed E-state index contributed by atoms with van der Waals surface area (Å²) >= 11 is 0. The van der Waals surface area contributed by atoms with E-state index in [-0.39, 0.29) is 11.8 Å². The second-order valence-electron chi connectivity index (χ2n) is 6.37. The lowest BCUT2D eigenvalue weighted by atomic mass is 9.97. The van der Waals surface area contributed by atoms with Crippen LogP contribution < -0.4 is 5.73 Å². The highest BCUT2D eigenvalue weighted by molar-refractivity contribution is 7.88. The molecule has 116 valence electrons. The molecule has 1 aromatic rings. The van der Waals surface area contributed by atoms with Gasteiger partial charge in [-0.3, -0.25) is 0 Å². The summed E-state index contributed by atoms with van der Waals surface area (Å²) in [5, 5.41) is 0. The minimum atomic E-state index is -3.24. The zero-order chi connectivity index (χ0) is 14.9. The van der Waals surface area contributed by atoms with Gasteiger partial charge in [-0.1, -0.05) is 25.0 Å². The molecule has 1 unspecified atom stereocenters. The molecule has 5 heteroatoms. The molecule has 4 nitrogen and oxygen atoms in total. The van der Waals surface area contributed by atoms with Crippen molar-refractivity contribution in [1.82, 2.24) is 4.31 Å². The van der Waals surface area contributed by atoms with Gasteiger partial charge in [0.25, 0.3) is 0 Å². The Morgan fingerprint density at radius 3 is 2.62 bits per heavy atom. The average Bonchev–Trinajstić information content (AvgIpc) is 3.09. The van der Waals surface area contributed by atoms with E-state index in [1.165, 1.54) is 25.7 Å². The van der Waals surface area contributed by atoms with E-state index in [0.717, 1.165) is 18.4 Å². The van der Waals surface area contributed by atoms with E-state index in [1.807, 2.05) is 12.1 Å². The summed E-state index contributed by atoms with van der Waals surface area (Å²) in [5.41, 5.74) is 7.16. The third kappa shape index (κ3) is 3.24. The van der Waals surface area contributed by atoms with Gasteiger partial charge in [0.05, 0.1) is 5.75 Å². The van der Waals surface area contributed by atoms with Crippen molar-refractivity contribution in [3.05, 3.63) is 29.8 Å². The van der Waals surface area contributed by atoms with Crippen LogP contribution in [0.5, 0.6) is 0 Å². The van der Waals surface area contributed by atoms with Crippen molar-refractivity contribution in [2.45, 2.75) is 50.3 Å². The van der Waals surface area contributed by atoms with Crippen LogP contribution in [0.1, 0.15) is 44.1 Å². The van der Waals surface area contributed by atoms with Gasteiger partial charge in [0, 0.05) is 18.3 Å². The normalized spacial score (nSPS) is 24.7. The van der Waals surface area contributed by atoms with E-state index < -0.39 is 10.0 Å². The zero-order valence-electron chi connectivity index (χ0n) is 12.4. The lowest BCUT2D eigenvalue weighted by Crippen LogP contribution is -2.40. The molecule has 0 aromatic heterocycles. The highest BCUT2D eigenvalue weighted by Gasteiger charge is 2.39. The molecule has 1 aliphatic carbocycles. The lowest BCUT2D eigenvalue weighted by Gasteiger charge is -2.28. The Bertz CT molecular complexity index is 594. The molecule has 2 aliphatic rings. The monoisotopic (exact) mass is 308 g/mol. The Kier molecular flexibility index (Phi) is 4.22. The summed E-state index contributed by atoms with van der Waals surface area (Å²) in [5.74, 6) is 0.643. The Hall–Kier alpha value is -1.07. The number of nitrogens with two attached hydrogens (primary N) is 1. The van der Waals surface area contributed by atoms with E-state index in [4.69, 9.17) is 5.73 Å². The molecule has 3 rings (SSSR count). The number of sulfonamides is 1. The first-order valence-electron chi connectivity index (χ1n) is 7.90. The molecule has 0 radical (unpaired) electrons. The van der Waals surface area contributed by atoms with Crippen LogP contribution in [0.3, 0.4) is 0 Å². The number of anilines is 1. The van der Waals surface area contributed by atoms with E-state index in [0.29, 0.717) is 18.2 Å². The summed E-state index contributed by atoms with van der Waals surface area (Å²) in [6, 6.07) is 7.44. The molecule has 1 heterocycles. The Balaban J connectivity index is 1.77. The second-order valence-corrected chi connectivity index (χ2v) is 8.29. The Labute approximate surface area is 127 Å². The fraction of sp³-hybridized carbons (Fsp3) is 0.625. The minimum absolute atomic E-state index is 0.0707. The van der Waals surface area contributed by atoms with Gasteiger partial charge in [-0.2, -0.15) is 4.31 Å². The topological polar surface area (TPSA) is 63.4 Å². The minimum Gasteiger partial charge on any atom is -0.399 e. The highest BCUT2D eigenvalue weighted by Crippen LogP contribution is 2.37. The van der Waals surface area contributed by atoms with Crippen molar-refractivity contribution in [3.8, 4) is 0 Å². The van der Waals surface area contributed by atoms with Crippen LogP contribution in [-0.4, -0.2) is 25.3 Å². The standard InChI is InChI=1S/C16H24N2O2S/c17-15-8-3-5-13(11-15)12-21(19,20)18-10-4-9-16(18)14-6-1-2-7-14/h3,5,8,11,14,16H,1-2,4,6-7,9-10,12,17H2. The maximum absolute atomic E-state index is 12.8. The molecule has 1 aromatic carbocycles. The van der Waals surface area contributed by atoms with Crippen LogP contribution in [0.25, 0.3) is 0 Å². The predicted octanol–water partition coefficient (Wildman–Crippen LogP) is 2.75. The maximum atomic E-state index is 12.8. The molecule has 1 saturated carbocycles. The molecular weight excluding hydrogens is 284 g/mol. The van der Waals surface area contributed by atoms with Crippen molar-refractivity contribution < 1.29 is 8.42 Å². The Morgan fingerprint density at radius 1 is 1.14 bits per heavy atom. The maximum Gasteiger partial charge on any atom is 0.218 e. The van der Waals surface area contributed by atoms with Gasteiger partial charge in [-0.15, -0.1) is 0 Å². The molecule has 1 atom stereocenters. The predicted molar refractivity (Wildman–Crippen MR) is 85.2 cm³/mol.